The summed E-state index contributed by atoms with van der Waals surface area (Å²) in [5.41, 5.74) is 2.09. The minimum Gasteiger partial charge on any atom is -0.443 e. The zero-order valence-electron chi connectivity index (χ0n) is 20.7. The molecule has 5 heterocycles. The molecule has 1 fully saturated rings. The monoisotopic (exact) mass is 608 g/mol. The zero-order valence-corrected chi connectivity index (χ0v) is 23.1. The molecule has 0 aliphatic carbocycles. The van der Waals surface area contributed by atoms with E-state index in [2.05, 4.69) is 31.2 Å². The fourth-order valence-electron chi connectivity index (χ4n) is 4.98. The summed E-state index contributed by atoms with van der Waals surface area (Å²) in [6.45, 7) is 2.25. The van der Waals surface area contributed by atoms with Crippen molar-refractivity contribution in [1.82, 2.24) is 29.7 Å². The second-order valence-corrected chi connectivity index (χ2v) is 11.7. The first-order valence-electron chi connectivity index (χ1n) is 12.2. The van der Waals surface area contributed by atoms with Crippen molar-refractivity contribution in [2.45, 2.75) is 25.4 Å². The predicted octanol–water partition coefficient (Wildman–Crippen LogP) is 5.31. The van der Waals surface area contributed by atoms with Gasteiger partial charge in [-0.25, -0.2) is 19.3 Å². The first kappa shape index (κ1) is 25.4. The van der Waals surface area contributed by atoms with E-state index in [-0.39, 0.29) is 23.9 Å². The summed E-state index contributed by atoms with van der Waals surface area (Å²) in [6.07, 6.45) is 5.12. The molecule has 0 spiro atoms. The average Bonchev–Trinajstić information content (AvgIpc) is 3.68. The van der Waals surface area contributed by atoms with E-state index in [1.165, 1.54) is 36.8 Å². The van der Waals surface area contributed by atoms with Crippen molar-refractivity contribution in [2.24, 2.45) is 0 Å². The van der Waals surface area contributed by atoms with E-state index in [1.807, 2.05) is 16.7 Å². The molecule has 1 aliphatic heterocycles. The molecule has 198 valence electrons. The minimum absolute atomic E-state index is 0.114. The zero-order chi connectivity index (χ0) is 27.1. The lowest BCUT2D eigenvalue weighted by molar-refractivity contribution is -0.130. The van der Waals surface area contributed by atoms with Gasteiger partial charge in [-0.2, -0.15) is 0 Å². The summed E-state index contributed by atoms with van der Waals surface area (Å²) < 4.78 is 23.3. The Balaban J connectivity index is 1.45. The van der Waals surface area contributed by atoms with Crippen molar-refractivity contribution in [3.05, 3.63) is 75.6 Å². The van der Waals surface area contributed by atoms with E-state index in [4.69, 9.17) is 9.40 Å². The first-order chi connectivity index (χ1) is 18.9. The number of amides is 2. The maximum Gasteiger partial charge on any atom is 0.261 e. The molecule has 2 amide bonds. The van der Waals surface area contributed by atoms with Gasteiger partial charge < -0.3 is 19.2 Å². The maximum absolute atomic E-state index is 15.1. The Labute approximate surface area is 234 Å². The highest BCUT2D eigenvalue weighted by molar-refractivity contribution is 9.11. The number of carbonyl (C=O) groups excluding carboxylic acids is 2. The van der Waals surface area contributed by atoms with Crippen LogP contribution in [0.2, 0.25) is 0 Å². The normalized spacial score (nSPS) is 17.5. The van der Waals surface area contributed by atoms with E-state index >= 15 is 4.39 Å². The number of carbonyl (C=O) groups is 2. The maximum atomic E-state index is 15.1. The number of oxazole rings is 1. The summed E-state index contributed by atoms with van der Waals surface area (Å²) in [5, 5.41) is 3.09. The van der Waals surface area contributed by atoms with Gasteiger partial charge in [-0.3, -0.25) is 9.59 Å². The van der Waals surface area contributed by atoms with Crippen molar-refractivity contribution in [3.8, 4) is 23.0 Å². The van der Waals surface area contributed by atoms with Gasteiger partial charge in [0, 0.05) is 26.1 Å². The van der Waals surface area contributed by atoms with Crippen LogP contribution in [0.1, 0.15) is 29.1 Å². The number of rotatable bonds is 5. The Bertz CT molecular complexity index is 1680. The van der Waals surface area contributed by atoms with Gasteiger partial charge in [-0.15, -0.1) is 11.3 Å². The van der Waals surface area contributed by atoms with Crippen molar-refractivity contribution in [1.29, 1.82) is 0 Å². The second-order valence-electron chi connectivity index (χ2n) is 9.27. The Kier molecular flexibility index (Phi) is 6.73. The third-order valence-electron chi connectivity index (χ3n) is 6.71. The van der Waals surface area contributed by atoms with Gasteiger partial charge in [0.25, 0.3) is 5.91 Å². The molecular weight excluding hydrogens is 587 g/mol. The molecule has 4 aromatic heterocycles. The van der Waals surface area contributed by atoms with Crippen molar-refractivity contribution in [2.75, 3.05) is 13.1 Å². The molecule has 39 heavy (non-hydrogen) atoms. The second kappa shape index (κ2) is 10.3. The number of likely N-dealkylation sites (tertiary alicyclic amines) is 1. The molecule has 5 aromatic rings. The third-order valence-corrected chi connectivity index (χ3v) is 8.34. The molecule has 2 unspecified atom stereocenters. The Morgan fingerprint density at radius 1 is 1.18 bits per heavy atom. The number of halogens is 2. The van der Waals surface area contributed by atoms with Crippen LogP contribution < -0.4 is 5.32 Å². The van der Waals surface area contributed by atoms with Crippen LogP contribution in [0.15, 0.2) is 69.3 Å². The lowest BCUT2D eigenvalue weighted by atomic mass is 9.99. The number of hydrogen-bond donors (Lipinski definition) is 1. The van der Waals surface area contributed by atoms with Crippen LogP contribution in [0.25, 0.3) is 34.0 Å². The van der Waals surface area contributed by atoms with Crippen LogP contribution in [0.5, 0.6) is 0 Å². The first-order valence-corrected chi connectivity index (χ1v) is 13.8. The SMILES string of the molecule is CC(=O)N1CC(NC(=O)c2ccc(Br)s2)CC(n2c(-c3ccccc3F)nc3cnc(-c4ncco4)cc32)C1. The average molecular weight is 609 g/mol. The van der Waals surface area contributed by atoms with Gasteiger partial charge in [0.1, 0.15) is 29.1 Å². The number of piperidine rings is 1. The number of pyridine rings is 1. The highest BCUT2D eigenvalue weighted by Crippen LogP contribution is 2.35. The molecule has 2 atom stereocenters. The van der Waals surface area contributed by atoms with Crippen molar-refractivity contribution in [3.63, 3.8) is 0 Å². The lowest BCUT2D eigenvalue weighted by Gasteiger charge is -2.39. The number of aromatic nitrogens is 4. The molecule has 0 bridgehead atoms. The number of nitrogens with one attached hydrogen (secondary N) is 1. The number of benzene rings is 1. The summed E-state index contributed by atoms with van der Waals surface area (Å²) in [7, 11) is 0. The number of nitrogens with zero attached hydrogens (tertiary/aromatic N) is 5. The van der Waals surface area contributed by atoms with Crippen molar-refractivity contribution >= 4 is 50.1 Å². The van der Waals surface area contributed by atoms with Crippen LogP contribution in [-0.4, -0.2) is 55.4 Å². The number of hydrogen-bond acceptors (Lipinski definition) is 7. The largest absolute Gasteiger partial charge is 0.443 e. The van der Waals surface area contributed by atoms with Gasteiger partial charge in [-0.05, 0) is 52.7 Å². The fraction of sp³-hybridized carbons (Fsp3) is 0.222. The van der Waals surface area contributed by atoms with Gasteiger partial charge in [0.15, 0.2) is 0 Å². The van der Waals surface area contributed by atoms with E-state index in [1.54, 1.807) is 35.4 Å². The molecule has 0 radical (unpaired) electrons. The summed E-state index contributed by atoms with van der Waals surface area (Å²) in [5.74, 6) is 0.0228. The van der Waals surface area contributed by atoms with E-state index in [9.17, 15) is 9.59 Å². The van der Waals surface area contributed by atoms with E-state index < -0.39 is 5.82 Å². The number of fused-ring (bicyclic) bond motifs is 1. The molecule has 1 aliphatic rings. The fourth-order valence-corrected chi connectivity index (χ4v) is 6.27. The van der Waals surface area contributed by atoms with Crippen LogP contribution >= 0.6 is 27.3 Å². The highest BCUT2D eigenvalue weighted by atomic mass is 79.9. The van der Waals surface area contributed by atoms with Crippen LogP contribution in [-0.2, 0) is 4.79 Å². The van der Waals surface area contributed by atoms with Crippen LogP contribution in [0.4, 0.5) is 4.39 Å². The molecule has 9 nitrogen and oxygen atoms in total. The molecule has 1 N–H and O–H groups in total. The standard InChI is InChI=1S/C27H22BrFN6O3S/c1-15(36)34-13-16(32-26(37)23-6-7-24(28)39-23)10-17(14-34)35-22-11-20(27-30-8-9-38-27)31-12-21(22)33-25(35)18-4-2-3-5-19(18)29/h2-9,11-12,16-17H,10,13-14H2,1H3,(H,32,37). The Hall–Kier alpha value is -3.90. The predicted molar refractivity (Wildman–Crippen MR) is 148 cm³/mol. The van der Waals surface area contributed by atoms with Crippen LogP contribution in [0, 0.1) is 5.82 Å². The van der Waals surface area contributed by atoms with Gasteiger partial charge in [0.2, 0.25) is 11.8 Å². The van der Waals surface area contributed by atoms with Gasteiger partial charge >= 0.3 is 0 Å². The summed E-state index contributed by atoms with van der Waals surface area (Å²) in [6, 6.07) is 11.2. The summed E-state index contributed by atoms with van der Waals surface area (Å²) >= 11 is 4.74. The Morgan fingerprint density at radius 3 is 2.74 bits per heavy atom. The minimum atomic E-state index is -0.415. The molecule has 12 heteroatoms. The topological polar surface area (TPSA) is 106 Å². The van der Waals surface area contributed by atoms with Gasteiger partial charge in [0.05, 0.1) is 38.2 Å². The third kappa shape index (κ3) is 4.97. The molecule has 0 saturated carbocycles. The molecule has 1 saturated heterocycles. The molecule has 1 aromatic carbocycles. The smallest absolute Gasteiger partial charge is 0.261 e. The van der Waals surface area contributed by atoms with Gasteiger partial charge in [-0.1, -0.05) is 12.1 Å². The van der Waals surface area contributed by atoms with E-state index in [0.717, 1.165) is 3.79 Å². The molecular formula is C27H22BrFN6O3S. The quantitative estimate of drug-likeness (QED) is 0.290. The number of thiophene rings is 1. The Morgan fingerprint density at radius 2 is 2.03 bits per heavy atom. The summed E-state index contributed by atoms with van der Waals surface area (Å²) in [4.78, 5) is 41.3. The van der Waals surface area contributed by atoms with E-state index in [0.29, 0.717) is 58.4 Å². The lowest BCUT2D eigenvalue weighted by Crippen LogP contribution is -2.52. The molecule has 6 rings (SSSR count). The number of imidazole rings is 1. The van der Waals surface area contributed by atoms with Crippen molar-refractivity contribution < 1.29 is 18.4 Å². The van der Waals surface area contributed by atoms with Crippen LogP contribution in [0.3, 0.4) is 0 Å². The highest BCUT2D eigenvalue weighted by Gasteiger charge is 2.34.